The molecule has 0 aromatic rings. The van der Waals surface area contributed by atoms with Gasteiger partial charge in [0, 0.05) is 6.42 Å². The van der Waals surface area contributed by atoms with E-state index in [9.17, 15) is 4.79 Å². The Kier molecular flexibility index (Phi) is 29.2. The fraction of sp³-hybridized carbons (Fsp3) is 0.944. The second-order valence-corrected chi connectivity index (χ2v) is 5.21. The van der Waals surface area contributed by atoms with Crippen molar-refractivity contribution in [1.82, 2.24) is 0 Å². The van der Waals surface area contributed by atoms with E-state index >= 15 is 0 Å². The third kappa shape index (κ3) is 36.0. The first-order valence-electron chi connectivity index (χ1n) is 8.72. The highest BCUT2D eigenvalue weighted by Crippen LogP contribution is 2.04. The molecule has 2 nitrogen and oxygen atoms in total. The molecule has 0 fully saturated rings. The average molecular weight is 289 g/mol. The topological polar surface area (TPSA) is 37.3 Å². The van der Waals surface area contributed by atoms with Crippen LogP contribution in [0.4, 0.5) is 0 Å². The van der Waals surface area contributed by atoms with E-state index in [2.05, 4.69) is 13.8 Å². The van der Waals surface area contributed by atoms with Crippen LogP contribution in [-0.4, -0.2) is 17.0 Å². The van der Waals surface area contributed by atoms with Crippen molar-refractivity contribution in [3.05, 3.63) is 0 Å². The van der Waals surface area contributed by atoms with Crippen LogP contribution in [0.2, 0.25) is 0 Å². The molecule has 0 bridgehead atoms. The standard InChI is InChI=1S/C8H18O.C8H16O.C2H6/c2*1-3-4-5-6-7-8(2)9;1-2/h8-9H,3-7H2,1-2H3;3-7H2,1-2H3;1-2H3. The molecule has 0 aliphatic carbocycles. The molecule has 1 N–H and O–H groups in total. The summed E-state index contributed by atoms with van der Waals surface area (Å²) >= 11 is 0. The monoisotopic (exact) mass is 288 g/mol. The van der Waals surface area contributed by atoms with Gasteiger partial charge in [-0.25, -0.2) is 0 Å². The molecule has 0 aromatic carbocycles. The summed E-state index contributed by atoms with van der Waals surface area (Å²) in [5, 5.41) is 8.85. The predicted molar refractivity (Wildman–Crippen MR) is 91.2 cm³/mol. The minimum Gasteiger partial charge on any atom is -0.393 e. The Morgan fingerprint density at radius 2 is 1.35 bits per heavy atom. The Balaban J connectivity index is -0.000000257. The van der Waals surface area contributed by atoms with E-state index in [1.807, 2.05) is 20.8 Å². The number of aliphatic hydroxyl groups is 1. The first kappa shape index (κ1) is 24.6. The lowest BCUT2D eigenvalue weighted by molar-refractivity contribution is -0.117. The smallest absolute Gasteiger partial charge is 0.129 e. The molecular formula is C18H40O2. The number of unbranched alkanes of at least 4 members (excludes halogenated alkanes) is 6. The highest BCUT2D eigenvalue weighted by molar-refractivity contribution is 5.75. The number of carbonyl (C=O) groups excluding carboxylic acids is 1. The molecule has 0 aromatic heterocycles. The summed E-state index contributed by atoms with van der Waals surface area (Å²) in [7, 11) is 0. The van der Waals surface area contributed by atoms with Gasteiger partial charge < -0.3 is 9.90 Å². The van der Waals surface area contributed by atoms with Crippen LogP contribution >= 0.6 is 0 Å². The number of aliphatic hydroxyl groups excluding tert-OH is 1. The van der Waals surface area contributed by atoms with Gasteiger partial charge in [0.25, 0.3) is 0 Å². The van der Waals surface area contributed by atoms with E-state index in [0.717, 1.165) is 19.3 Å². The first-order valence-corrected chi connectivity index (χ1v) is 8.72. The molecule has 2 heteroatoms. The third-order valence-corrected chi connectivity index (χ3v) is 2.86. The van der Waals surface area contributed by atoms with Crippen molar-refractivity contribution in [3.8, 4) is 0 Å². The Morgan fingerprint density at radius 3 is 1.70 bits per heavy atom. The lowest BCUT2D eigenvalue weighted by Gasteiger charge is -2.01. The Morgan fingerprint density at radius 1 is 0.900 bits per heavy atom. The van der Waals surface area contributed by atoms with E-state index < -0.39 is 0 Å². The zero-order valence-corrected chi connectivity index (χ0v) is 15.0. The SMILES string of the molecule is CC.CCCCCCC(C)=O.CCCCCCC(C)O. The van der Waals surface area contributed by atoms with Gasteiger partial charge in [0.1, 0.15) is 5.78 Å². The van der Waals surface area contributed by atoms with Crippen LogP contribution in [0, 0.1) is 0 Å². The van der Waals surface area contributed by atoms with Gasteiger partial charge in [-0.15, -0.1) is 0 Å². The zero-order chi connectivity index (χ0) is 16.2. The van der Waals surface area contributed by atoms with Gasteiger partial charge in [-0.3, -0.25) is 0 Å². The molecular weight excluding hydrogens is 248 g/mol. The molecule has 0 heterocycles. The van der Waals surface area contributed by atoms with Crippen LogP contribution in [0.25, 0.3) is 0 Å². The van der Waals surface area contributed by atoms with Crippen molar-refractivity contribution in [1.29, 1.82) is 0 Å². The maximum absolute atomic E-state index is 10.4. The van der Waals surface area contributed by atoms with Crippen molar-refractivity contribution < 1.29 is 9.90 Å². The summed E-state index contributed by atoms with van der Waals surface area (Å²) in [6, 6.07) is 0. The summed E-state index contributed by atoms with van der Waals surface area (Å²) in [5.41, 5.74) is 0. The maximum atomic E-state index is 10.4. The number of Topliss-reactive ketones (excluding diaryl/α,β-unsaturated/α-hetero) is 1. The van der Waals surface area contributed by atoms with E-state index in [1.165, 1.54) is 44.9 Å². The van der Waals surface area contributed by atoms with Crippen LogP contribution < -0.4 is 0 Å². The molecule has 0 aliphatic rings. The number of rotatable bonds is 10. The highest BCUT2D eigenvalue weighted by atomic mass is 16.3. The fourth-order valence-corrected chi connectivity index (χ4v) is 1.67. The average Bonchev–Trinajstić information content (AvgIpc) is 2.42. The summed E-state index contributed by atoms with van der Waals surface area (Å²) in [6.07, 6.45) is 11.5. The summed E-state index contributed by atoms with van der Waals surface area (Å²) < 4.78 is 0. The minimum absolute atomic E-state index is 0.0955. The molecule has 0 aliphatic heterocycles. The van der Waals surface area contributed by atoms with Crippen molar-refractivity contribution in [2.24, 2.45) is 0 Å². The Hall–Kier alpha value is -0.370. The van der Waals surface area contributed by atoms with E-state index in [0.29, 0.717) is 5.78 Å². The van der Waals surface area contributed by atoms with Crippen LogP contribution in [-0.2, 0) is 4.79 Å². The van der Waals surface area contributed by atoms with E-state index in [4.69, 9.17) is 5.11 Å². The normalized spacial score (nSPS) is 10.8. The minimum atomic E-state index is -0.0955. The van der Waals surface area contributed by atoms with Gasteiger partial charge in [0.15, 0.2) is 0 Å². The highest BCUT2D eigenvalue weighted by Gasteiger charge is 1.93. The summed E-state index contributed by atoms with van der Waals surface area (Å²) in [4.78, 5) is 10.4. The van der Waals surface area contributed by atoms with Gasteiger partial charge in [-0.2, -0.15) is 0 Å². The number of carbonyl (C=O) groups is 1. The van der Waals surface area contributed by atoms with Crippen molar-refractivity contribution in [2.45, 2.75) is 112 Å². The molecule has 0 saturated heterocycles. The summed E-state index contributed by atoms with van der Waals surface area (Å²) in [5.74, 6) is 0.325. The van der Waals surface area contributed by atoms with Crippen LogP contribution in [0.5, 0.6) is 0 Å². The van der Waals surface area contributed by atoms with Crippen LogP contribution in [0.1, 0.15) is 106 Å². The zero-order valence-electron chi connectivity index (χ0n) is 15.0. The van der Waals surface area contributed by atoms with Crippen molar-refractivity contribution in [3.63, 3.8) is 0 Å². The maximum Gasteiger partial charge on any atom is 0.129 e. The van der Waals surface area contributed by atoms with Crippen molar-refractivity contribution >= 4 is 5.78 Å². The first-order chi connectivity index (χ1) is 9.54. The van der Waals surface area contributed by atoms with E-state index in [1.54, 1.807) is 6.92 Å². The summed E-state index contributed by atoms with van der Waals surface area (Å²) in [6.45, 7) is 11.9. The Labute approximate surface area is 128 Å². The van der Waals surface area contributed by atoms with Gasteiger partial charge >= 0.3 is 0 Å². The fourth-order valence-electron chi connectivity index (χ4n) is 1.67. The van der Waals surface area contributed by atoms with Gasteiger partial charge in [-0.05, 0) is 26.7 Å². The quantitative estimate of drug-likeness (QED) is 0.507. The third-order valence-electron chi connectivity index (χ3n) is 2.86. The number of hydrogen-bond acceptors (Lipinski definition) is 2. The van der Waals surface area contributed by atoms with Crippen molar-refractivity contribution in [2.75, 3.05) is 0 Å². The molecule has 1 unspecified atom stereocenters. The number of hydrogen-bond donors (Lipinski definition) is 1. The second-order valence-electron chi connectivity index (χ2n) is 5.21. The second kappa shape index (κ2) is 23.7. The Bertz CT molecular complexity index is 165. The predicted octanol–water partition coefficient (Wildman–Crippen LogP) is 5.91. The lowest BCUT2D eigenvalue weighted by Crippen LogP contribution is -1.97. The molecule has 0 amide bonds. The van der Waals surface area contributed by atoms with Gasteiger partial charge in [0.05, 0.1) is 6.10 Å². The molecule has 0 radical (unpaired) electrons. The van der Waals surface area contributed by atoms with Gasteiger partial charge in [-0.1, -0.05) is 72.6 Å². The molecule has 20 heavy (non-hydrogen) atoms. The molecule has 1 atom stereocenters. The molecule has 0 saturated carbocycles. The molecule has 0 rings (SSSR count). The van der Waals surface area contributed by atoms with Crippen LogP contribution in [0.15, 0.2) is 0 Å². The molecule has 124 valence electrons. The van der Waals surface area contributed by atoms with Gasteiger partial charge in [0.2, 0.25) is 0 Å². The lowest BCUT2D eigenvalue weighted by atomic mass is 10.1. The largest absolute Gasteiger partial charge is 0.393 e. The molecule has 0 spiro atoms. The number of ketones is 1. The van der Waals surface area contributed by atoms with Crippen LogP contribution in [0.3, 0.4) is 0 Å². The van der Waals surface area contributed by atoms with E-state index in [-0.39, 0.29) is 6.10 Å².